The van der Waals surface area contributed by atoms with Crippen LogP contribution >= 0.6 is 0 Å². The molecule has 1 aliphatic carbocycles. The highest BCUT2D eigenvalue weighted by molar-refractivity contribution is 5.85. The van der Waals surface area contributed by atoms with Crippen LogP contribution in [0.4, 0.5) is 5.69 Å². The summed E-state index contributed by atoms with van der Waals surface area (Å²) in [4.78, 5) is 11.6. The Morgan fingerprint density at radius 1 is 1.50 bits per heavy atom. The molecule has 4 heteroatoms. The van der Waals surface area contributed by atoms with Gasteiger partial charge in [-0.2, -0.15) is 0 Å². The van der Waals surface area contributed by atoms with Crippen molar-refractivity contribution in [2.75, 3.05) is 12.4 Å². The molecule has 2 N–H and O–H groups in total. The van der Waals surface area contributed by atoms with E-state index in [-0.39, 0.29) is 5.54 Å². The van der Waals surface area contributed by atoms with Crippen molar-refractivity contribution in [2.45, 2.75) is 31.2 Å². The number of hydrogen-bond acceptors (Lipinski definition) is 3. The van der Waals surface area contributed by atoms with Crippen LogP contribution < -0.4 is 10.1 Å². The minimum atomic E-state index is -0.760. The van der Waals surface area contributed by atoms with Crippen LogP contribution in [0.1, 0.15) is 31.2 Å². The van der Waals surface area contributed by atoms with Crippen LogP contribution in [0.3, 0.4) is 0 Å². The summed E-state index contributed by atoms with van der Waals surface area (Å²) in [5, 5.41) is 13.0. The van der Waals surface area contributed by atoms with E-state index in [9.17, 15) is 9.90 Å². The molecule has 18 heavy (non-hydrogen) atoms. The highest BCUT2D eigenvalue weighted by atomic mass is 16.5. The molecule has 1 fully saturated rings. The molecule has 0 bridgehead atoms. The number of anilines is 1. The monoisotopic (exact) mass is 247 g/mol. The number of carboxylic acids is 1. The predicted molar refractivity (Wildman–Crippen MR) is 68.1 cm³/mol. The Bertz CT molecular complexity index is 510. The van der Waals surface area contributed by atoms with Gasteiger partial charge in [0.25, 0.3) is 0 Å². The van der Waals surface area contributed by atoms with E-state index in [0.717, 1.165) is 24.1 Å². The number of hydrogen-bond donors (Lipinski definition) is 2. The third-order valence-electron chi connectivity index (χ3n) is 4.25. The molecule has 96 valence electrons. The van der Waals surface area contributed by atoms with Gasteiger partial charge >= 0.3 is 5.97 Å². The van der Waals surface area contributed by atoms with Gasteiger partial charge < -0.3 is 15.2 Å². The van der Waals surface area contributed by atoms with Crippen LogP contribution in [0.2, 0.25) is 0 Å². The normalized spacial score (nSPS) is 29.6. The van der Waals surface area contributed by atoms with Gasteiger partial charge in [0.15, 0.2) is 0 Å². The predicted octanol–water partition coefficient (Wildman–Crippen LogP) is 2.46. The molecule has 2 atom stereocenters. The molecular weight excluding hydrogens is 230 g/mol. The van der Waals surface area contributed by atoms with Crippen molar-refractivity contribution in [3.8, 4) is 5.75 Å². The summed E-state index contributed by atoms with van der Waals surface area (Å²) in [5.74, 6) is -0.0853. The summed E-state index contributed by atoms with van der Waals surface area (Å²) in [6, 6.07) is 5.62. The molecule has 2 unspecified atom stereocenters. The van der Waals surface area contributed by atoms with Gasteiger partial charge in [0.2, 0.25) is 0 Å². The van der Waals surface area contributed by atoms with Crippen molar-refractivity contribution in [3.05, 3.63) is 23.8 Å². The Balaban J connectivity index is 2.08. The Hall–Kier alpha value is -1.71. The van der Waals surface area contributed by atoms with Gasteiger partial charge in [0.1, 0.15) is 11.7 Å². The lowest BCUT2D eigenvalue weighted by molar-refractivity contribution is -0.140. The summed E-state index contributed by atoms with van der Waals surface area (Å²) < 4.78 is 5.19. The molecule has 2 aliphatic rings. The molecule has 0 spiro atoms. The quantitative estimate of drug-likeness (QED) is 0.861. The van der Waals surface area contributed by atoms with Gasteiger partial charge in [-0.25, -0.2) is 0 Å². The maximum absolute atomic E-state index is 11.6. The maximum Gasteiger partial charge on any atom is 0.313 e. The van der Waals surface area contributed by atoms with Gasteiger partial charge in [0, 0.05) is 5.69 Å². The molecule has 1 aromatic rings. The van der Waals surface area contributed by atoms with Gasteiger partial charge in [0.05, 0.1) is 12.6 Å². The number of benzene rings is 1. The van der Waals surface area contributed by atoms with E-state index in [2.05, 4.69) is 5.32 Å². The van der Waals surface area contributed by atoms with Crippen molar-refractivity contribution in [1.82, 2.24) is 0 Å². The number of fused-ring (bicyclic) bond motifs is 1. The SMILES string of the molecule is COc1ccc2c(c1)C(C(=O)O)C(C)(C1CC1)N2. The highest BCUT2D eigenvalue weighted by Gasteiger charge is 2.54. The first-order valence-electron chi connectivity index (χ1n) is 6.25. The van der Waals surface area contributed by atoms with E-state index in [0.29, 0.717) is 11.7 Å². The Morgan fingerprint density at radius 2 is 2.22 bits per heavy atom. The molecule has 0 amide bonds. The first-order chi connectivity index (χ1) is 8.56. The summed E-state index contributed by atoms with van der Waals surface area (Å²) in [5.41, 5.74) is 1.41. The van der Waals surface area contributed by atoms with Crippen molar-refractivity contribution in [2.24, 2.45) is 5.92 Å². The fraction of sp³-hybridized carbons (Fsp3) is 0.500. The summed E-state index contributed by atoms with van der Waals surface area (Å²) >= 11 is 0. The minimum absolute atomic E-state index is 0.361. The van der Waals surface area contributed by atoms with Crippen molar-refractivity contribution in [3.63, 3.8) is 0 Å². The Kier molecular flexibility index (Phi) is 2.30. The summed E-state index contributed by atoms with van der Waals surface area (Å²) in [6.45, 7) is 2.02. The van der Waals surface area contributed by atoms with E-state index < -0.39 is 11.9 Å². The standard InChI is InChI=1S/C14H17NO3/c1-14(8-3-4-8)12(13(16)17)10-7-9(18-2)5-6-11(10)15-14/h5-8,12,15H,3-4H2,1-2H3,(H,16,17). The van der Waals surface area contributed by atoms with E-state index in [1.807, 2.05) is 25.1 Å². The fourth-order valence-corrected chi connectivity index (χ4v) is 3.12. The van der Waals surface area contributed by atoms with Gasteiger partial charge in [-0.3, -0.25) is 4.79 Å². The molecule has 1 saturated carbocycles. The molecule has 3 rings (SSSR count). The van der Waals surface area contributed by atoms with Crippen LogP contribution in [0.15, 0.2) is 18.2 Å². The number of ether oxygens (including phenoxy) is 1. The summed E-state index contributed by atoms with van der Waals surface area (Å²) in [6.07, 6.45) is 2.22. The molecule has 1 aliphatic heterocycles. The maximum atomic E-state index is 11.6. The minimum Gasteiger partial charge on any atom is -0.497 e. The van der Waals surface area contributed by atoms with Gasteiger partial charge in [-0.05, 0) is 49.4 Å². The van der Waals surface area contributed by atoms with E-state index >= 15 is 0 Å². The lowest BCUT2D eigenvalue weighted by Crippen LogP contribution is -2.42. The zero-order chi connectivity index (χ0) is 12.9. The fourth-order valence-electron chi connectivity index (χ4n) is 3.12. The largest absolute Gasteiger partial charge is 0.497 e. The topological polar surface area (TPSA) is 58.6 Å². The zero-order valence-corrected chi connectivity index (χ0v) is 10.6. The van der Waals surface area contributed by atoms with E-state index in [4.69, 9.17) is 4.74 Å². The van der Waals surface area contributed by atoms with Crippen LogP contribution in [0.5, 0.6) is 5.75 Å². The van der Waals surface area contributed by atoms with Crippen LogP contribution in [0.25, 0.3) is 0 Å². The third-order valence-corrected chi connectivity index (χ3v) is 4.25. The number of carboxylic acid groups (broad SMARTS) is 1. The van der Waals surface area contributed by atoms with Gasteiger partial charge in [-0.15, -0.1) is 0 Å². The lowest BCUT2D eigenvalue weighted by atomic mass is 9.80. The highest BCUT2D eigenvalue weighted by Crippen LogP contribution is 2.54. The van der Waals surface area contributed by atoms with E-state index in [1.54, 1.807) is 7.11 Å². The van der Waals surface area contributed by atoms with Crippen molar-refractivity contribution in [1.29, 1.82) is 0 Å². The Morgan fingerprint density at radius 3 is 2.78 bits per heavy atom. The van der Waals surface area contributed by atoms with E-state index in [1.165, 1.54) is 0 Å². The second kappa shape index (κ2) is 3.64. The second-order valence-corrected chi connectivity index (χ2v) is 5.41. The lowest BCUT2D eigenvalue weighted by Gasteiger charge is -2.30. The third kappa shape index (κ3) is 1.48. The van der Waals surface area contributed by atoms with Crippen molar-refractivity contribution >= 4 is 11.7 Å². The molecule has 1 heterocycles. The first kappa shape index (κ1) is 11.4. The molecule has 1 aromatic carbocycles. The van der Waals surface area contributed by atoms with Crippen molar-refractivity contribution < 1.29 is 14.6 Å². The van der Waals surface area contributed by atoms with Crippen LogP contribution in [0, 0.1) is 5.92 Å². The number of methoxy groups -OCH3 is 1. The smallest absolute Gasteiger partial charge is 0.313 e. The van der Waals surface area contributed by atoms with Crippen LogP contribution in [-0.4, -0.2) is 23.7 Å². The average Bonchev–Trinajstić information content (AvgIpc) is 3.12. The first-order valence-corrected chi connectivity index (χ1v) is 6.25. The number of rotatable bonds is 3. The molecule has 0 radical (unpaired) electrons. The zero-order valence-electron chi connectivity index (χ0n) is 10.6. The number of carbonyl (C=O) groups is 1. The second-order valence-electron chi connectivity index (χ2n) is 5.41. The van der Waals surface area contributed by atoms with Crippen LogP contribution in [-0.2, 0) is 4.79 Å². The summed E-state index contributed by atoms with van der Waals surface area (Å²) in [7, 11) is 1.60. The molecule has 0 aromatic heterocycles. The molecule has 0 saturated heterocycles. The molecule has 4 nitrogen and oxygen atoms in total. The number of nitrogens with one attached hydrogen (secondary N) is 1. The average molecular weight is 247 g/mol. The Labute approximate surface area is 106 Å². The number of aliphatic carboxylic acids is 1. The molecular formula is C14H17NO3. The van der Waals surface area contributed by atoms with Gasteiger partial charge in [-0.1, -0.05) is 0 Å².